The van der Waals surface area contributed by atoms with Crippen molar-refractivity contribution >= 4 is 11.7 Å². The summed E-state index contributed by atoms with van der Waals surface area (Å²) in [5.41, 5.74) is 9.13. The fourth-order valence-electron chi connectivity index (χ4n) is 3.17. The van der Waals surface area contributed by atoms with Crippen LogP contribution in [0.2, 0.25) is 0 Å². The highest BCUT2D eigenvalue weighted by Gasteiger charge is 2.28. The van der Waals surface area contributed by atoms with Gasteiger partial charge >= 0.3 is 5.97 Å². The van der Waals surface area contributed by atoms with Crippen molar-refractivity contribution in [1.29, 1.82) is 0 Å². The molecule has 0 unspecified atom stereocenters. The Labute approximate surface area is 127 Å². The molecule has 1 fully saturated rings. The van der Waals surface area contributed by atoms with Crippen LogP contribution in [-0.4, -0.2) is 31.1 Å². The zero-order valence-electron chi connectivity index (χ0n) is 13.3. The smallest absolute Gasteiger partial charge is 0.308 e. The van der Waals surface area contributed by atoms with Gasteiger partial charge in [-0.05, 0) is 56.8 Å². The van der Waals surface area contributed by atoms with E-state index >= 15 is 0 Å². The van der Waals surface area contributed by atoms with Crippen LogP contribution in [-0.2, 0) is 16.1 Å². The lowest BCUT2D eigenvalue weighted by Gasteiger charge is -2.33. The fraction of sp³-hybridized carbons (Fsp3) is 0.588. The lowest BCUT2D eigenvalue weighted by atomic mass is 9.85. The molecule has 0 aliphatic heterocycles. The Kier molecular flexibility index (Phi) is 5.23. The number of rotatable bonds is 4. The van der Waals surface area contributed by atoms with E-state index in [1.165, 1.54) is 12.7 Å². The van der Waals surface area contributed by atoms with Gasteiger partial charge in [0.25, 0.3) is 0 Å². The minimum atomic E-state index is -0.0507. The maximum Gasteiger partial charge on any atom is 0.308 e. The number of carbonyl (C=O) groups is 1. The first kappa shape index (κ1) is 15.8. The standard InChI is InChI=1S/C17H26N2O2/c1-12-10-13(4-9-16(12)18)11-19(2)15-7-5-14(6-8-15)17(20)21-3/h4,9-10,14-15H,5-8,11,18H2,1-3H3. The number of nitrogen functional groups attached to an aromatic ring is 1. The zero-order chi connectivity index (χ0) is 15.4. The number of benzene rings is 1. The Hall–Kier alpha value is -1.55. The predicted molar refractivity (Wildman–Crippen MR) is 84.8 cm³/mol. The fourth-order valence-corrected chi connectivity index (χ4v) is 3.17. The first-order valence-electron chi connectivity index (χ1n) is 7.64. The van der Waals surface area contributed by atoms with E-state index in [1.807, 2.05) is 13.0 Å². The average molecular weight is 290 g/mol. The van der Waals surface area contributed by atoms with Gasteiger partial charge in [0.15, 0.2) is 0 Å². The molecule has 1 aromatic rings. The number of aryl methyl sites for hydroxylation is 1. The summed E-state index contributed by atoms with van der Waals surface area (Å²) in [4.78, 5) is 13.9. The molecule has 0 saturated heterocycles. The molecule has 0 aromatic heterocycles. The molecule has 21 heavy (non-hydrogen) atoms. The minimum Gasteiger partial charge on any atom is -0.469 e. The number of hydrogen-bond donors (Lipinski definition) is 1. The number of methoxy groups -OCH3 is 1. The molecule has 2 rings (SSSR count). The molecule has 116 valence electrons. The van der Waals surface area contributed by atoms with Crippen LogP contribution in [0.3, 0.4) is 0 Å². The molecule has 0 bridgehead atoms. The molecule has 2 N–H and O–H groups in total. The molecule has 1 saturated carbocycles. The molecule has 1 aromatic carbocycles. The van der Waals surface area contributed by atoms with E-state index in [1.54, 1.807) is 0 Å². The van der Waals surface area contributed by atoms with Crippen molar-refractivity contribution in [3.63, 3.8) is 0 Å². The molecule has 1 aliphatic carbocycles. The van der Waals surface area contributed by atoms with Crippen LogP contribution in [0.25, 0.3) is 0 Å². The van der Waals surface area contributed by atoms with Crippen molar-refractivity contribution in [3.05, 3.63) is 29.3 Å². The van der Waals surface area contributed by atoms with Gasteiger partial charge in [0, 0.05) is 18.3 Å². The lowest BCUT2D eigenvalue weighted by Crippen LogP contribution is -2.36. The SMILES string of the molecule is COC(=O)C1CCC(N(C)Cc2ccc(N)c(C)c2)CC1. The number of hydrogen-bond acceptors (Lipinski definition) is 4. The number of esters is 1. The van der Waals surface area contributed by atoms with Crippen LogP contribution in [0.5, 0.6) is 0 Å². The van der Waals surface area contributed by atoms with Gasteiger partial charge in [-0.3, -0.25) is 9.69 Å². The van der Waals surface area contributed by atoms with Gasteiger partial charge in [-0.25, -0.2) is 0 Å². The largest absolute Gasteiger partial charge is 0.469 e. The Bertz CT molecular complexity index is 494. The third-order valence-electron chi connectivity index (χ3n) is 4.62. The molecule has 0 atom stereocenters. The maximum atomic E-state index is 11.6. The second-order valence-corrected chi connectivity index (χ2v) is 6.13. The zero-order valence-corrected chi connectivity index (χ0v) is 13.3. The minimum absolute atomic E-state index is 0.0507. The summed E-state index contributed by atoms with van der Waals surface area (Å²) in [5, 5.41) is 0. The first-order chi connectivity index (χ1) is 10.0. The molecule has 0 radical (unpaired) electrons. The summed E-state index contributed by atoms with van der Waals surface area (Å²) >= 11 is 0. The van der Waals surface area contributed by atoms with E-state index in [-0.39, 0.29) is 11.9 Å². The summed E-state index contributed by atoms with van der Waals surface area (Å²) in [6, 6.07) is 6.78. The Balaban J connectivity index is 1.88. The summed E-state index contributed by atoms with van der Waals surface area (Å²) < 4.78 is 4.84. The maximum absolute atomic E-state index is 11.6. The summed E-state index contributed by atoms with van der Waals surface area (Å²) in [6.45, 7) is 2.97. The topological polar surface area (TPSA) is 55.6 Å². The van der Waals surface area contributed by atoms with Gasteiger partial charge in [0.2, 0.25) is 0 Å². The van der Waals surface area contributed by atoms with Gasteiger partial charge in [-0.2, -0.15) is 0 Å². The van der Waals surface area contributed by atoms with Crippen molar-refractivity contribution < 1.29 is 9.53 Å². The van der Waals surface area contributed by atoms with Crippen LogP contribution in [0, 0.1) is 12.8 Å². The molecule has 0 spiro atoms. The highest BCUT2D eigenvalue weighted by atomic mass is 16.5. The molecular weight excluding hydrogens is 264 g/mol. The second-order valence-electron chi connectivity index (χ2n) is 6.13. The van der Waals surface area contributed by atoms with Crippen molar-refractivity contribution in [2.24, 2.45) is 5.92 Å². The van der Waals surface area contributed by atoms with Crippen LogP contribution in [0.15, 0.2) is 18.2 Å². The molecule has 1 aliphatic rings. The number of carbonyl (C=O) groups excluding carboxylic acids is 1. The number of anilines is 1. The van der Waals surface area contributed by atoms with E-state index in [0.717, 1.165) is 43.5 Å². The first-order valence-corrected chi connectivity index (χ1v) is 7.64. The van der Waals surface area contributed by atoms with Crippen molar-refractivity contribution in [3.8, 4) is 0 Å². The second kappa shape index (κ2) is 6.94. The van der Waals surface area contributed by atoms with E-state index < -0.39 is 0 Å². The van der Waals surface area contributed by atoms with Crippen LogP contribution in [0.4, 0.5) is 5.69 Å². The van der Waals surface area contributed by atoms with Gasteiger partial charge in [0.05, 0.1) is 13.0 Å². The summed E-state index contributed by atoms with van der Waals surface area (Å²) in [7, 11) is 3.64. The van der Waals surface area contributed by atoms with Crippen molar-refractivity contribution in [2.75, 3.05) is 19.9 Å². The predicted octanol–water partition coefficient (Wildman–Crippen LogP) is 2.74. The van der Waals surface area contributed by atoms with Crippen molar-refractivity contribution in [2.45, 2.75) is 45.2 Å². The number of ether oxygens (including phenoxy) is 1. The highest BCUT2D eigenvalue weighted by molar-refractivity contribution is 5.72. The molecule has 0 heterocycles. The lowest BCUT2D eigenvalue weighted by molar-refractivity contribution is -0.146. The monoisotopic (exact) mass is 290 g/mol. The molecule has 0 amide bonds. The third kappa shape index (κ3) is 3.97. The molecule has 4 nitrogen and oxygen atoms in total. The quantitative estimate of drug-likeness (QED) is 0.684. The normalized spacial score (nSPS) is 22.3. The van der Waals surface area contributed by atoms with Crippen LogP contribution in [0.1, 0.15) is 36.8 Å². The highest BCUT2D eigenvalue weighted by Crippen LogP contribution is 2.28. The molecular formula is C17H26N2O2. The van der Waals surface area contributed by atoms with Crippen molar-refractivity contribution in [1.82, 2.24) is 4.90 Å². The van der Waals surface area contributed by atoms with Crippen LogP contribution < -0.4 is 5.73 Å². The van der Waals surface area contributed by atoms with Gasteiger partial charge in [-0.1, -0.05) is 12.1 Å². The average Bonchev–Trinajstić information content (AvgIpc) is 2.50. The number of nitrogens with zero attached hydrogens (tertiary/aromatic N) is 1. The number of nitrogens with two attached hydrogens (primary N) is 1. The Morgan fingerprint density at radius 2 is 2.00 bits per heavy atom. The van der Waals surface area contributed by atoms with Gasteiger partial charge in [0.1, 0.15) is 0 Å². The summed E-state index contributed by atoms with van der Waals surface area (Å²) in [6.07, 6.45) is 3.99. The summed E-state index contributed by atoms with van der Waals surface area (Å²) in [5.74, 6) is 0.0451. The van der Waals surface area contributed by atoms with Gasteiger partial charge < -0.3 is 10.5 Å². The van der Waals surface area contributed by atoms with E-state index in [4.69, 9.17) is 10.5 Å². The third-order valence-corrected chi connectivity index (χ3v) is 4.62. The Morgan fingerprint density at radius 3 is 2.57 bits per heavy atom. The van der Waals surface area contributed by atoms with Gasteiger partial charge in [-0.15, -0.1) is 0 Å². The Morgan fingerprint density at radius 1 is 1.33 bits per heavy atom. The molecule has 4 heteroatoms. The van der Waals surface area contributed by atoms with E-state index in [2.05, 4.69) is 24.1 Å². The van der Waals surface area contributed by atoms with Crippen LogP contribution >= 0.6 is 0 Å². The van der Waals surface area contributed by atoms with E-state index in [0.29, 0.717) is 6.04 Å². The van der Waals surface area contributed by atoms with E-state index in [9.17, 15) is 4.79 Å².